The highest BCUT2D eigenvalue weighted by Gasteiger charge is 2.18. The first kappa shape index (κ1) is 13.3. The summed E-state index contributed by atoms with van der Waals surface area (Å²) in [5, 5.41) is 0.362. The number of methoxy groups -OCH3 is 1. The van der Waals surface area contributed by atoms with Crippen molar-refractivity contribution in [2.24, 2.45) is 0 Å². The minimum Gasteiger partial charge on any atom is -0.494 e. The number of benzene rings is 1. The highest BCUT2D eigenvalue weighted by atomic mass is 35.5. The second kappa shape index (κ2) is 5.34. The first-order chi connectivity index (χ1) is 9.69. The van der Waals surface area contributed by atoms with E-state index in [0.29, 0.717) is 36.2 Å². The van der Waals surface area contributed by atoms with E-state index in [1.165, 1.54) is 13.2 Å². The normalized spacial score (nSPS) is 13.9. The third-order valence-corrected chi connectivity index (χ3v) is 3.49. The van der Waals surface area contributed by atoms with E-state index in [1.807, 2.05) is 0 Å². The van der Waals surface area contributed by atoms with E-state index in [-0.39, 0.29) is 5.75 Å². The monoisotopic (exact) mass is 294 g/mol. The van der Waals surface area contributed by atoms with Crippen LogP contribution < -0.4 is 4.74 Å². The molecule has 0 bridgehead atoms. The quantitative estimate of drug-likeness (QED) is 0.799. The number of hydrogen-bond donors (Lipinski definition) is 0. The summed E-state index contributed by atoms with van der Waals surface area (Å²) in [6.07, 6.45) is 0.684. The van der Waals surface area contributed by atoms with Crippen LogP contribution in [0.1, 0.15) is 11.3 Å². The molecule has 20 heavy (non-hydrogen) atoms. The molecule has 3 rings (SSSR count). The van der Waals surface area contributed by atoms with Gasteiger partial charge in [-0.05, 0) is 18.2 Å². The molecule has 0 saturated carbocycles. The fourth-order valence-electron chi connectivity index (χ4n) is 2.13. The van der Waals surface area contributed by atoms with Gasteiger partial charge in [0.2, 0.25) is 0 Å². The molecule has 2 heterocycles. The van der Waals surface area contributed by atoms with Gasteiger partial charge in [0.1, 0.15) is 5.15 Å². The van der Waals surface area contributed by atoms with E-state index in [0.717, 1.165) is 11.3 Å². The molecule has 104 valence electrons. The Morgan fingerprint density at radius 3 is 2.95 bits per heavy atom. The molecule has 1 aromatic carbocycles. The average Bonchev–Trinajstić information content (AvgIpc) is 2.47. The summed E-state index contributed by atoms with van der Waals surface area (Å²) in [5.74, 6) is 0.147. The van der Waals surface area contributed by atoms with Crippen LogP contribution in [0.3, 0.4) is 0 Å². The van der Waals surface area contributed by atoms with Crippen LogP contribution in [0.25, 0.3) is 11.4 Å². The Bertz CT molecular complexity index is 664. The van der Waals surface area contributed by atoms with E-state index in [1.54, 1.807) is 12.1 Å². The van der Waals surface area contributed by atoms with Crippen molar-refractivity contribution < 1.29 is 13.9 Å². The van der Waals surface area contributed by atoms with Crippen LogP contribution in [-0.4, -0.2) is 23.7 Å². The molecule has 1 aliphatic heterocycles. The number of fused-ring (bicyclic) bond motifs is 1. The van der Waals surface area contributed by atoms with Crippen LogP contribution in [0.15, 0.2) is 18.2 Å². The number of halogens is 2. The zero-order chi connectivity index (χ0) is 14.1. The third kappa shape index (κ3) is 2.34. The van der Waals surface area contributed by atoms with E-state index < -0.39 is 5.82 Å². The lowest BCUT2D eigenvalue weighted by Gasteiger charge is -2.17. The van der Waals surface area contributed by atoms with Gasteiger partial charge in [0, 0.05) is 17.5 Å². The van der Waals surface area contributed by atoms with Crippen molar-refractivity contribution in [1.29, 1.82) is 0 Å². The molecule has 6 heteroatoms. The Morgan fingerprint density at radius 1 is 1.35 bits per heavy atom. The molecule has 0 amide bonds. The zero-order valence-corrected chi connectivity index (χ0v) is 11.6. The number of ether oxygens (including phenoxy) is 2. The summed E-state index contributed by atoms with van der Waals surface area (Å²) in [4.78, 5) is 8.68. The molecule has 2 aromatic rings. The molecular formula is C14H12ClFN2O2. The lowest BCUT2D eigenvalue weighted by molar-refractivity contribution is 0.109. The molecule has 0 radical (unpaired) electrons. The van der Waals surface area contributed by atoms with Crippen LogP contribution in [0.4, 0.5) is 4.39 Å². The molecule has 0 atom stereocenters. The molecule has 0 fully saturated rings. The third-order valence-electron chi connectivity index (χ3n) is 3.18. The molecule has 1 aromatic heterocycles. The van der Waals surface area contributed by atoms with Crippen LogP contribution in [0.5, 0.6) is 5.75 Å². The molecule has 4 nitrogen and oxygen atoms in total. The number of rotatable bonds is 2. The number of aromatic nitrogens is 2. The van der Waals surface area contributed by atoms with Crippen molar-refractivity contribution in [2.75, 3.05) is 13.7 Å². The molecular weight excluding hydrogens is 283 g/mol. The summed E-state index contributed by atoms with van der Waals surface area (Å²) in [6, 6.07) is 4.60. The SMILES string of the molecule is COc1ccc(-c2nc(Cl)c3c(n2)CCOC3)cc1F. The van der Waals surface area contributed by atoms with Crippen molar-refractivity contribution >= 4 is 11.6 Å². The first-order valence-electron chi connectivity index (χ1n) is 6.16. The number of hydrogen-bond acceptors (Lipinski definition) is 4. The van der Waals surface area contributed by atoms with Gasteiger partial charge in [-0.15, -0.1) is 0 Å². The van der Waals surface area contributed by atoms with Crippen molar-refractivity contribution in [3.8, 4) is 17.1 Å². The Morgan fingerprint density at radius 2 is 2.20 bits per heavy atom. The molecule has 0 unspecified atom stereocenters. The summed E-state index contributed by atoms with van der Waals surface area (Å²) in [7, 11) is 1.42. The van der Waals surface area contributed by atoms with Crippen LogP contribution in [-0.2, 0) is 17.8 Å². The zero-order valence-electron chi connectivity index (χ0n) is 10.8. The lowest BCUT2D eigenvalue weighted by atomic mass is 10.1. The fraction of sp³-hybridized carbons (Fsp3) is 0.286. The van der Waals surface area contributed by atoms with Crippen molar-refractivity contribution in [1.82, 2.24) is 9.97 Å². The largest absolute Gasteiger partial charge is 0.494 e. The van der Waals surface area contributed by atoms with Gasteiger partial charge in [0.05, 0.1) is 26.0 Å². The lowest BCUT2D eigenvalue weighted by Crippen LogP contribution is -2.14. The topological polar surface area (TPSA) is 44.2 Å². The Balaban J connectivity index is 2.06. The Kier molecular flexibility index (Phi) is 3.54. The smallest absolute Gasteiger partial charge is 0.165 e. The van der Waals surface area contributed by atoms with Crippen molar-refractivity contribution in [3.05, 3.63) is 40.4 Å². The van der Waals surface area contributed by atoms with Gasteiger partial charge in [-0.2, -0.15) is 0 Å². The summed E-state index contributed by atoms with van der Waals surface area (Å²) < 4.78 is 24.0. The highest BCUT2D eigenvalue weighted by Crippen LogP contribution is 2.28. The van der Waals surface area contributed by atoms with Crippen LogP contribution in [0.2, 0.25) is 5.15 Å². The van der Waals surface area contributed by atoms with Crippen molar-refractivity contribution in [3.63, 3.8) is 0 Å². The maximum atomic E-state index is 13.7. The first-order valence-corrected chi connectivity index (χ1v) is 6.54. The summed E-state index contributed by atoms with van der Waals surface area (Å²) >= 11 is 6.15. The molecule has 0 spiro atoms. The standard InChI is InChI=1S/C14H12ClFN2O2/c1-19-12-3-2-8(6-10(12)16)14-17-11-4-5-20-7-9(11)13(15)18-14/h2-3,6H,4-5,7H2,1H3. The van der Waals surface area contributed by atoms with Gasteiger partial charge < -0.3 is 9.47 Å². The average molecular weight is 295 g/mol. The Labute approximate surface area is 120 Å². The van der Waals surface area contributed by atoms with E-state index in [9.17, 15) is 4.39 Å². The number of nitrogens with zero attached hydrogens (tertiary/aromatic N) is 2. The van der Waals surface area contributed by atoms with Gasteiger partial charge >= 0.3 is 0 Å². The van der Waals surface area contributed by atoms with E-state index in [4.69, 9.17) is 21.1 Å². The maximum Gasteiger partial charge on any atom is 0.165 e. The van der Waals surface area contributed by atoms with Gasteiger partial charge in [-0.25, -0.2) is 14.4 Å². The second-order valence-electron chi connectivity index (χ2n) is 4.42. The van der Waals surface area contributed by atoms with Gasteiger partial charge in [0.15, 0.2) is 17.4 Å². The summed E-state index contributed by atoms with van der Waals surface area (Å²) in [5.41, 5.74) is 2.25. The Hall–Kier alpha value is -1.72. The predicted molar refractivity (Wildman–Crippen MR) is 72.3 cm³/mol. The maximum absolute atomic E-state index is 13.7. The van der Waals surface area contributed by atoms with Gasteiger partial charge in [-0.3, -0.25) is 0 Å². The minimum absolute atomic E-state index is 0.186. The predicted octanol–water partition coefficient (Wildman–Crippen LogP) is 3.02. The molecule has 1 aliphatic rings. The van der Waals surface area contributed by atoms with Gasteiger partial charge in [-0.1, -0.05) is 11.6 Å². The van der Waals surface area contributed by atoms with Crippen LogP contribution >= 0.6 is 11.6 Å². The van der Waals surface area contributed by atoms with E-state index in [2.05, 4.69) is 9.97 Å². The van der Waals surface area contributed by atoms with Crippen LogP contribution in [0, 0.1) is 5.82 Å². The van der Waals surface area contributed by atoms with Gasteiger partial charge in [0.25, 0.3) is 0 Å². The highest BCUT2D eigenvalue weighted by molar-refractivity contribution is 6.30. The second-order valence-corrected chi connectivity index (χ2v) is 4.77. The summed E-state index contributed by atoms with van der Waals surface area (Å²) in [6.45, 7) is 1.03. The molecule has 0 N–H and O–H groups in total. The molecule has 0 aliphatic carbocycles. The van der Waals surface area contributed by atoms with E-state index >= 15 is 0 Å². The van der Waals surface area contributed by atoms with Crippen molar-refractivity contribution in [2.45, 2.75) is 13.0 Å². The fourth-order valence-corrected chi connectivity index (χ4v) is 2.37. The minimum atomic E-state index is -0.453. The molecule has 0 saturated heterocycles.